The molecule has 1 unspecified atom stereocenters. The van der Waals surface area contributed by atoms with Gasteiger partial charge < -0.3 is 15.7 Å². The molecule has 1 atom stereocenters. The Hall–Kier alpha value is -1.14. The molecule has 0 aliphatic carbocycles. The summed E-state index contributed by atoms with van der Waals surface area (Å²) < 4.78 is 0. The molecule has 0 aliphatic rings. The largest absolute Gasteiger partial charge is 0.396 e. The van der Waals surface area contributed by atoms with Crippen molar-refractivity contribution >= 4 is 17.4 Å². The van der Waals surface area contributed by atoms with E-state index in [0.717, 1.165) is 22.0 Å². The van der Waals surface area contributed by atoms with E-state index in [2.05, 4.69) is 15.6 Å². The molecular weight excluding hydrogens is 250 g/mol. The van der Waals surface area contributed by atoms with Gasteiger partial charge in [-0.25, -0.2) is 9.78 Å². The Morgan fingerprint density at radius 1 is 1.50 bits per heavy atom. The van der Waals surface area contributed by atoms with Crippen molar-refractivity contribution in [1.29, 1.82) is 0 Å². The summed E-state index contributed by atoms with van der Waals surface area (Å²) in [7, 11) is 0. The fourth-order valence-electron chi connectivity index (χ4n) is 1.67. The van der Waals surface area contributed by atoms with Gasteiger partial charge in [0.1, 0.15) is 0 Å². The number of carbonyl (C=O) groups excluding carboxylic acids is 1. The topological polar surface area (TPSA) is 74.2 Å². The van der Waals surface area contributed by atoms with Crippen molar-refractivity contribution in [2.75, 3.05) is 6.61 Å². The van der Waals surface area contributed by atoms with Crippen molar-refractivity contribution in [3.8, 4) is 0 Å². The number of aliphatic hydroxyl groups is 1. The fraction of sp³-hybridized carbons (Fsp3) is 0.667. The third-order valence-electron chi connectivity index (χ3n) is 2.72. The molecule has 0 aromatic carbocycles. The summed E-state index contributed by atoms with van der Waals surface area (Å²) in [5.74, 6) is 0. The van der Waals surface area contributed by atoms with Crippen LogP contribution in [0.4, 0.5) is 4.79 Å². The average Bonchev–Trinajstić information content (AvgIpc) is 2.64. The molecule has 0 saturated carbocycles. The van der Waals surface area contributed by atoms with Crippen LogP contribution in [0, 0.1) is 13.8 Å². The molecule has 102 valence electrons. The summed E-state index contributed by atoms with van der Waals surface area (Å²) in [4.78, 5) is 17.1. The van der Waals surface area contributed by atoms with Crippen molar-refractivity contribution < 1.29 is 9.90 Å². The number of nitrogens with zero attached hydrogens (tertiary/aromatic N) is 1. The minimum absolute atomic E-state index is 0.0215. The zero-order valence-corrected chi connectivity index (χ0v) is 11.9. The molecule has 3 N–H and O–H groups in total. The number of rotatable bonds is 6. The lowest BCUT2D eigenvalue weighted by Gasteiger charge is -2.16. The van der Waals surface area contributed by atoms with E-state index in [1.54, 1.807) is 11.3 Å². The van der Waals surface area contributed by atoms with Crippen LogP contribution in [-0.4, -0.2) is 28.8 Å². The molecule has 1 aromatic heterocycles. The molecule has 1 aromatic rings. The molecule has 0 radical (unpaired) electrons. The van der Waals surface area contributed by atoms with Crippen LogP contribution < -0.4 is 10.6 Å². The predicted molar refractivity (Wildman–Crippen MR) is 72.7 cm³/mol. The summed E-state index contributed by atoms with van der Waals surface area (Å²) in [5.41, 5.74) is 0.919. The van der Waals surface area contributed by atoms with Crippen molar-refractivity contribution in [2.45, 2.75) is 46.2 Å². The van der Waals surface area contributed by atoms with Gasteiger partial charge in [-0.3, -0.25) is 0 Å². The van der Waals surface area contributed by atoms with Gasteiger partial charge in [0.05, 0.1) is 17.2 Å². The molecule has 0 aliphatic heterocycles. The van der Waals surface area contributed by atoms with Gasteiger partial charge in [0.25, 0.3) is 0 Å². The standard InChI is InChI=1S/C12H21N3O2S/c1-4-10(5-6-16)15-12(17)13-7-11-8(2)18-9(3)14-11/h10,16H,4-7H2,1-3H3,(H2,13,15,17). The molecule has 5 nitrogen and oxygen atoms in total. The summed E-state index contributed by atoms with van der Waals surface area (Å²) in [6.07, 6.45) is 1.39. The second-order valence-corrected chi connectivity index (χ2v) is 5.59. The van der Waals surface area contributed by atoms with Crippen molar-refractivity contribution in [2.24, 2.45) is 0 Å². The highest BCUT2D eigenvalue weighted by molar-refractivity contribution is 7.11. The number of thiazole rings is 1. The van der Waals surface area contributed by atoms with Gasteiger partial charge in [-0.15, -0.1) is 11.3 Å². The second-order valence-electron chi connectivity index (χ2n) is 4.18. The number of urea groups is 1. The van der Waals surface area contributed by atoms with Crippen LogP contribution in [0.15, 0.2) is 0 Å². The monoisotopic (exact) mass is 271 g/mol. The first-order chi connectivity index (χ1) is 8.56. The Kier molecular flexibility index (Phi) is 6.07. The maximum atomic E-state index is 11.7. The number of aryl methyl sites for hydroxylation is 2. The number of hydrogen-bond acceptors (Lipinski definition) is 4. The lowest BCUT2D eigenvalue weighted by Crippen LogP contribution is -2.42. The van der Waals surface area contributed by atoms with E-state index >= 15 is 0 Å². The molecule has 0 fully saturated rings. The first kappa shape index (κ1) is 14.9. The first-order valence-electron chi connectivity index (χ1n) is 6.15. The molecule has 0 bridgehead atoms. The second kappa shape index (κ2) is 7.33. The van der Waals surface area contributed by atoms with E-state index in [0.29, 0.717) is 13.0 Å². The van der Waals surface area contributed by atoms with Crippen LogP contribution in [0.5, 0.6) is 0 Å². The minimum atomic E-state index is -0.208. The molecule has 6 heteroatoms. The summed E-state index contributed by atoms with van der Waals surface area (Å²) in [6, 6.07) is -0.186. The maximum absolute atomic E-state index is 11.7. The van der Waals surface area contributed by atoms with Crippen molar-refractivity contribution in [3.05, 3.63) is 15.6 Å². The Morgan fingerprint density at radius 3 is 2.72 bits per heavy atom. The fourth-order valence-corrected chi connectivity index (χ4v) is 2.51. The van der Waals surface area contributed by atoms with Crippen LogP contribution in [0.25, 0.3) is 0 Å². The number of hydrogen-bond donors (Lipinski definition) is 3. The van der Waals surface area contributed by atoms with Gasteiger partial charge in [-0.05, 0) is 26.7 Å². The Morgan fingerprint density at radius 2 is 2.22 bits per heavy atom. The smallest absolute Gasteiger partial charge is 0.315 e. The minimum Gasteiger partial charge on any atom is -0.396 e. The van der Waals surface area contributed by atoms with Crippen LogP contribution in [0.3, 0.4) is 0 Å². The quantitative estimate of drug-likeness (QED) is 0.737. The Balaban J connectivity index is 2.39. The normalized spacial score (nSPS) is 12.2. The van der Waals surface area contributed by atoms with E-state index in [4.69, 9.17) is 5.11 Å². The van der Waals surface area contributed by atoms with Gasteiger partial charge in [-0.2, -0.15) is 0 Å². The third-order valence-corrected chi connectivity index (χ3v) is 3.65. The molecule has 0 saturated heterocycles. The molecule has 2 amide bonds. The maximum Gasteiger partial charge on any atom is 0.315 e. The van der Waals surface area contributed by atoms with Crippen LogP contribution >= 0.6 is 11.3 Å². The van der Waals surface area contributed by atoms with E-state index in [-0.39, 0.29) is 18.7 Å². The highest BCUT2D eigenvalue weighted by Gasteiger charge is 2.10. The summed E-state index contributed by atoms with van der Waals surface area (Å²) >= 11 is 1.63. The van der Waals surface area contributed by atoms with Crippen molar-refractivity contribution in [1.82, 2.24) is 15.6 Å². The molecular formula is C12H21N3O2S. The number of aromatic nitrogens is 1. The lowest BCUT2D eigenvalue weighted by molar-refractivity contribution is 0.227. The van der Waals surface area contributed by atoms with E-state index in [1.807, 2.05) is 20.8 Å². The van der Waals surface area contributed by atoms with Gasteiger partial charge >= 0.3 is 6.03 Å². The van der Waals surface area contributed by atoms with Crippen LogP contribution in [0.1, 0.15) is 35.3 Å². The van der Waals surface area contributed by atoms with Gasteiger partial charge in [0.15, 0.2) is 0 Å². The zero-order chi connectivity index (χ0) is 13.5. The zero-order valence-electron chi connectivity index (χ0n) is 11.1. The van der Waals surface area contributed by atoms with Gasteiger partial charge in [0, 0.05) is 17.5 Å². The molecule has 1 rings (SSSR count). The highest BCUT2D eigenvalue weighted by atomic mass is 32.1. The van der Waals surface area contributed by atoms with Crippen molar-refractivity contribution in [3.63, 3.8) is 0 Å². The van der Waals surface area contributed by atoms with Gasteiger partial charge in [-0.1, -0.05) is 6.92 Å². The van der Waals surface area contributed by atoms with E-state index in [1.165, 1.54) is 0 Å². The summed E-state index contributed by atoms with van der Waals surface area (Å²) in [5, 5.41) is 15.5. The van der Waals surface area contributed by atoms with Crippen LogP contribution in [0.2, 0.25) is 0 Å². The lowest BCUT2D eigenvalue weighted by atomic mass is 10.2. The highest BCUT2D eigenvalue weighted by Crippen LogP contribution is 2.15. The van der Waals surface area contributed by atoms with E-state index < -0.39 is 0 Å². The molecule has 1 heterocycles. The molecule has 0 spiro atoms. The first-order valence-corrected chi connectivity index (χ1v) is 6.96. The summed E-state index contributed by atoms with van der Waals surface area (Å²) in [6.45, 7) is 6.46. The van der Waals surface area contributed by atoms with E-state index in [9.17, 15) is 4.79 Å². The number of aliphatic hydroxyl groups excluding tert-OH is 1. The number of carbonyl (C=O) groups is 1. The third kappa shape index (κ3) is 4.62. The number of nitrogens with one attached hydrogen (secondary N) is 2. The Labute approximate surface area is 112 Å². The SMILES string of the molecule is CCC(CCO)NC(=O)NCc1nc(C)sc1C. The number of amides is 2. The molecule has 18 heavy (non-hydrogen) atoms. The average molecular weight is 271 g/mol. The van der Waals surface area contributed by atoms with Gasteiger partial charge in [0.2, 0.25) is 0 Å². The van der Waals surface area contributed by atoms with Crippen LogP contribution in [-0.2, 0) is 6.54 Å². The predicted octanol–water partition coefficient (Wildman–Crippen LogP) is 1.72. The Bertz CT molecular complexity index is 393.